The number of thiazole rings is 1. The van der Waals surface area contributed by atoms with E-state index in [2.05, 4.69) is 10.1 Å². The summed E-state index contributed by atoms with van der Waals surface area (Å²) in [6.45, 7) is 0.742. The van der Waals surface area contributed by atoms with E-state index in [9.17, 15) is 9.18 Å². The lowest BCUT2D eigenvalue weighted by molar-refractivity contribution is 0.0982. The summed E-state index contributed by atoms with van der Waals surface area (Å²) in [5.41, 5.74) is 0.573. The van der Waals surface area contributed by atoms with Gasteiger partial charge in [-0.25, -0.2) is 9.37 Å². The SMILES string of the molecule is COc1cccc(C(=O)N(CCn2cccn2)c2nc3c(F)cccc3s2)c1OC. The van der Waals surface area contributed by atoms with E-state index in [1.807, 2.05) is 12.3 Å². The predicted molar refractivity (Wildman–Crippen MR) is 113 cm³/mol. The summed E-state index contributed by atoms with van der Waals surface area (Å²) in [6.07, 6.45) is 3.48. The molecule has 0 aliphatic heterocycles. The minimum absolute atomic E-state index is 0.243. The number of rotatable bonds is 7. The zero-order valence-corrected chi connectivity index (χ0v) is 17.2. The van der Waals surface area contributed by atoms with Crippen molar-refractivity contribution in [3.63, 3.8) is 0 Å². The van der Waals surface area contributed by atoms with Crippen LogP contribution in [0.2, 0.25) is 0 Å². The number of amides is 1. The molecule has 4 aromatic rings. The van der Waals surface area contributed by atoms with Crippen molar-refractivity contribution in [2.75, 3.05) is 25.7 Å². The molecule has 0 unspecified atom stereocenters. The molecule has 0 saturated heterocycles. The second-order valence-electron chi connectivity index (χ2n) is 6.35. The Labute approximate surface area is 176 Å². The van der Waals surface area contributed by atoms with E-state index in [1.54, 1.807) is 41.2 Å². The van der Waals surface area contributed by atoms with Gasteiger partial charge in [0.2, 0.25) is 0 Å². The van der Waals surface area contributed by atoms with Gasteiger partial charge in [-0.2, -0.15) is 5.10 Å². The fourth-order valence-electron chi connectivity index (χ4n) is 3.14. The van der Waals surface area contributed by atoms with Gasteiger partial charge in [0, 0.05) is 18.9 Å². The molecule has 0 spiro atoms. The van der Waals surface area contributed by atoms with Gasteiger partial charge in [-0.1, -0.05) is 23.5 Å². The zero-order valence-electron chi connectivity index (χ0n) is 16.4. The first kappa shape index (κ1) is 19.8. The van der Waals surface area contributed by atoms with E-state index in [4.69, 9.17) is 9.47 Å². The van der Waals surface area contributed by atoms with Crippen molar-refractivity contribution in [3.05, 3.63) is 66.2 Å². The number of hydrogen-bond donors (Lipinski definition) is 0. The highest BCUT2D eigenvalue weighted by Crippen LogP contribution is 2.35. The number of halogens is 1. The molecule has 7 nitrogen and oxygen atoms in total. The lowest BCUT2D eigenvalue weighted by Crippen LogP contribution is -2.34. The molecule has 0 aliphatic carbocycles. The summed E-state index contributed by atoms with van der Waals surface area (Å²) < 4.78 is 27.3. The Morgan fingerprint density at radius 2 is 2.00 bits per heavy atom. The predicted octanol–water partition coefficient (Wildman–Crippen LogP) is 4.00. The summed E-state index contributed by atoms with van der Waals surface area (Å²) in [6, 6.07) is 11.7. The van der Waals surface area contributed by atoms with Gasteiger partial charge in [0.25, 0.3) is 5.91 Å². The van der Waals surface area contributed by atoms with Crippen LogP contribution in [-0.4, -0.2) is 41.4 Å². The minimum atomic E-state index is -0.423. The number of aromatic nitrogens is 3. The highest BCUT2D eigenvalue weighted by Gasteiger charge is 2.26. The van der Waals surface area contributed by atoms with E-state index in [0.29, 0.717) is 40.0 Å². The van der Waals surface area contributed by atoms with Gasteiger partial charge >= 0.3 is 0 Å². The van der Waals surface area contributed by atoms with Crippen molar-refractivity contribution in [1.82, 2.24) is 14.8 Å². The number of carbonyl (C=O) groups is 1. The molecule has 4 rings (SSSR count). The number of ether oxygens (including phenoxy) is 2. The average molecular weight is 426 g/mol. The van der Waals surface area contributed by atoms with Crippen molar-refractivity contribution in [2.24, 2.45) is 0 Å². The van der Waals surface area contributed by atoms with Gasteiger partial charge in [-0.05, 0) is 30.3 Å². The summed E-state index contributed by atoms with van der Waals surface area (Å²) in [5.74, 6) is 0.0397. The van der Waals surface area contributed by atoms with Crippen LogP contribution >= 0.6 is 11.3 Å². The van der Waals surface area contributed by atoms with Crippen molar-refractivity contribution in [1.29, 1.82) is 0 Å². The maximum atomic E-state index is 14.2. The molecule has 2 aromatic carbocycles. The normalized spacial score (nSPS) is 10.9. The van der Waals surface area contributed by atoms with Crippen LogP contribution < -0.4 is 14.4 Å². The highest BCUT2D eigenvalue weighted by atomic mass is 32.1. The number of benzene rings is 2. The molecular weight excluding hydrogens is 407 g/mol. The van der Waals surface area contributed by atoms with E-state index < -0.39 is 5.82 Å². The van der Waals surface area contributed by atoms with Gasteiger partial charge in [0.05, 0.1) is 31.0 Å². The smallest absolute Gasteiger partial charge is 0.264 e. The van der Waals surface area contributed by atoms with Crippen LogP contribution in [0.25, 0.3) is 10.2 Å². The number of nitrogens with zero attached hydrogens (tertiary/aromatic N) is 4. The number of hydrogen-bond acceptors (Lipinski definition) is 6. The summed E-state index contributed by atoms with van der Waals surface area (Å²) in [4.78, 5) is 19.5. The molecule has 30 heavy (non-hydrogen) atoms. The lowest BCUT2D eigenvalue weighted by Gasteiger charge is -2.21. The fourth-order valence-corrected chi connectivity index (χ4v) is 4.14. The third-order valence-electron chi connectivity index (χ3n) is 4.58. The Morgan fingerprint density at radius 3 is 2.70 bits per heavy atom. The van der Waals surface area contributed by atoms with E-state index in [1.165, 1.54) is 36.5 Å². The first-order valence-corrected chi connectivity index (χ1v) is 9.99. The summed E-state index contributed by atoms with van der Waals surface area (Å²) in [7, 11) is 2.99. The number of methoxy groups -OCH3 is 2. The van der Waals surface area contributed by atoms with Crippen LogP contribution in [0.15, 0.2) is 54.9 Å². The minimum Gasteiger partial charge on any atom is -0.493 e. The number of para-hydroxylation sites is 2. The Morgan fingerprint density at radius 1 is 1.17 bits per heavy atom. The first-order valence-electron chi connectivity index (χ1n) is 9.17. The summed E-state index contributed by atoms with van der Waals surface area (Å²) >= 11 is 1.26. The number of anilines is 1. The number of carbonyl (C=O) groups excluding carboxylic acids is 1. The Bertz CT molecular complexity index is 1180. The van der Waals surface area contributed by atoms with E-state index >= 15 is 0 Å². The first-order chi connectivity index (χ1) is 14.6. The fraction of sp³-hybridized carbons (Fsp3) is 0.190. The van der Waals surface area contributed by atoms with Crippen molar-refractivity contribution >= 4 is 32.6 Å². The molecule has 1 amide bonds. The van der Waals surface area contributed by atoms with Gasteiger partial charge in [0.1, 0.15) is 11.3 Å². The Balaban J connectivity index is 1.76. The summed E-state index contributed by atoms with van der Waals surface area (Å²) in [5, 5.41) is 4.59. The largest absolute Gasteiger partial charge is 0.493 e. The van der Waals surface area contributed by atoms with Gasteiger partial charge in [-0.15, -0.1) is 0 Å². The molecular formula is C21H19FN4O3S. The maximum absolute atomic E-state index is 14.2. The molecule has 0 N–H and O–H groups in total. The second kappa shape index (κ2) is 8.50. The Hall–Kier alpha value is -3.46. The molecule has 154 valence electrons. The van der Waals surface area contributed by atoms with Crippen LogP contribution in [0, 0.1) is 5.82 Å². The van der Waals surface area contributed by atoms with Gasteiger partial charge in [-0.3, -0.25) is 14.4 Å². The monoisotopic (exact) mass is 426 g/mol. The van der Waals surface area contributed by atoms with Crippen LogP contribution in [-0.2, 0) is 6.54 Å². The number of fused-ring (bicyclic) bond motifs is 1. The quantitative estimate of drug-likeness (QED) is 0.447. The van der Waals surface area contributed by atoms with Crippen molar-refractivity contribution in [2.45, 2.75) is 6.54 Å². The third-order valence-corrected chi connectivity index (χ3v) is 5.62. The van der Waals surface area contributed by atoms with Crippen molar-refractivity contribution < 1.29 is 18.7 Å². The molecule has 0 bridgehead atoms. The Kier molecular flexibility index (Phi) is 5.62. The topological polar surface area (TPSA) is 69.5 Å². The van der Waals surface area contributed by atoms with E-state index in [0.717, 1.165) is 0 Å². The van der Waals surface area contributed by atoms with Crippen LogP contribution in [0.5, 0.6) is 11.5 Å². The zero-order chi connectivity index (χ0) is 21.1. The molecule has 0 radical (unpaired) electrons. The molecule has 9 heteroatoms. The van der Waals surface area contributed by atoms with Gasteiger partial charge < -0.3 is 9.47 Å². The van der Waals surface area contributed by atoms with Crippen molar-refractivity contribution in [3.8, 4) is 11.5 Å². The van der Waals surface area contributed by atoms with Gasteiger partial charge in [0.15, 0.2) is 16.6 Å². The van der Waals surface area contributed by atoms with Crippen LogP contribution in [0.1, 0.15) is 10.4 Å². The van der Waals surface area contributed by atoms with Crippen LogP contribution in [0.4, 0.5) is 9.52 Å². The standard InChI is InChI=1S/C21H19FN4O3S/c1-28-16-8-3-6-14(19(16)29-2)20(27)26(13-12-25-11-5-10-23-25)21-24-18-15(22)7-4-9-17(18)30-21/h3-11H,12-13H2,1-2H3. The average Bonchev–Trinajstić information content (AvgIpc) is 3.43. The molecule has 0 fully saturated rings. The highest BCUT2D eigenvalue weighted by molar-refractivity contribution is 7.22. The molecule has 0 atom stereocenters. The van der Waals surface area contributed by atoms with E-state index in [-0.39, 0.29) is 11.4 Å². The molecule has 0 saturated carbocycles. The molecule has 0 aliphatic rings. The third kappa shape index (κ3) is 3.71. The van der Waals surface area contributed by atoms with Crippen LogP contribution in [0.3, 0.4) is 0 Å². The maximum Gasteiger partial charge on any atom is 0.264 e. The molecule has 2 heterocycles. The molecule has 2 aromatic heterocycles. The second-order valence-corrected chi connectivity index (χ2v) is 7.36. The lowest BCUT2D eigenvalue weighted by atomic mass is 10.1.